The number of piperidine rings is 1. The summed E-state index contributed by atoms with van der Waals surface area (Å²) in [7, 11) is 0. The summed E-state index contributed by atoms with van der Waals surface area (Å²) in [5.74, 6) is 0.473. The summed E-state index contributed by atoms with van der Waals surface area (Å²) in [6, 6.07) is 9.95. The first-order chi connectivity index (χ1) is 11.3. The molecule has 0 unspecified atom stereocenters. The number of nitrogens with zero attached hydrogens (tertiary/aromatic N) is 2. The van der Waals surface area contributed by atoms with Gasteiger partial charge in [-0.25, -0.2) is 4.98 Å². The van der Waals surface area contributed by atoms with Crippen LogP contribution in [0.2, 0.25) is 0 Å². The molecule has 1 amide bonds. The molecule has 0 radical (unpaired) electrons. The number of nitrogens with one attached hydrogen (secondary N) is 1. The van der Waals surface area contributed by atoms with Crippen LogP contribution < -0.4 is 5.32 Å². The van der Waals surface area contributed by atoms with E-state index in [0.717, 1.165) is 44.5 Å². The zero-order chi connectivity index (χ0) is 16.1. The Hall–Kier alpha value is -2.14. The number of benzene rings is 1. The molecule has 1 aliphatic rings. The second kappa shape index (κ2) is 7.42. The van der Waals surface area contributed by atoms with Gasteiger partial charge >= 0.3 is 0 Å². The number of aromatic nitrogens is 1. The average molecular weight is 313 g/mol. The Balaban J connectivity index is 1.78. The molecule has 1 N–H and O–H groups in total. The van der Waals surface area contributed by atoms with Crippen molar-refractivity contribution in [2.75, 3.05) is 19.6 Å². The lowest BCUT2D eigenvalue weighted by Gasteiger charge is -2.34. The highest BCUT2D eigenvalue weighted by molar-refractivity contribution is 5.92. The maximum atomic E-state index is 12.9. The first-order valence-electron chi connectivity index (χ1n) is 8.32. The van der Waals surface area contributed by atoms with Crippen LogP contribution in [-0.4, -0.2) is 41.5 Å². The monoisotopic (exact) mass is 313 g/mol. The fourth-order valence-electron chi connectivity index (χ4n) is 3.04. The Morgan fingerprint density at radius 2 is 2.04 bits per heavy atom. The van der Waals surface area contributed by atoms with E-state index in [9.17, 15) is 4.79 Å². The van der Waals surface area contributed by atoms with Gasteiger partial charge in [-0.15, -0.1) is 0 Å². The van der Waals surface area contributed by atoms with Gasteiger partial charge in [-0.3, -0.25) is 4.79 Å². The fourth-order valence-corrected chi connectivity index (χ4v) is 3.04. The maximum Gasteiger partial charge on any atom is 0.276 e. The van der Waals surface area contributed by atoms with Gasteiger partial charge in [-0.1, -0.05) is 25.1 Å². The molecule has 0 saturated carbocycles. The molecular weight excluding hydrogens is 290 g/mol. The van der Waals surface area contributed by atoms with Crippen LogP contribution in [0.15, 0.2) is 41.0 Å². The van der Waals surface area contributed by atoms with Crippen molar-refractivity contribution >= 4 is 5.91 Å². The fraction of sp³-hybridized carbons (Fsp3) is 0.444. The van der Waals surface area contributed by atoms with E-state index in [4.69, 9.17) is 4.42 Å². The number of carbonyl (C=O) groups is 1. The molecule has 0 bridgehead atoms. The molecule has 122 valence electrons. The smallest absolute Gasteiger partial charge is 0.276 e. The quantitative estimate of drug-likeness (QED) is 0.922. The van der Waals surface area contributed by atoms with Gasteiger partial charge in [0.25, 0.3) is 5.91 Å². The Morgan fingerprint density at radius 3 is 2.74 bits per heavy atom. The SMILES string of the molecule is CCCN(C(=O)c1coc(-c2ccccc2)n1)C1CCNCC1. The molecule has 1 aromatic carbocycles. The van der Waals surface area contributed by atoms with Crippen molar-refractivity contribution in [1.82, 2.24) is 15.2 Å². The predicted molar refractivity (Wildman–Crippen MR) is 89.2 cm³/mol. The van der Waals surface area contributed by atoms with Gasteiger partial charge in [-0.2, -0.15) is 0 Å². The third-order valence-electron chi connectivity index (χ3n) is 4.22. The van der Waals surface area contributed by atoms with Crippen LogP contribution in [0.3, 0.4) is 0 Å². The number of hydrogen-bond donors (Lipinski definition) is 1. The van der Waals surface area contributed by atoms with Gasteiger partial charge in [0.05, 0.1) is 0 Å². The Morgan fingerprint density at radius 1 is 1.30 bits per heavy atom. The molecule has 2 aromatic rings. The van der Waals surface area contributed by atoms with Gasteiger partial charge in [-0.05, 0) is 44.5 Å². The van der Waals surface area contributed by atoms with E-state index in [2.05, 4.69) is 17.2 Å². The summed E-state index contributed by atoms with van der Waals surface area (Å²) in [5, 5.41) is 3.34. The molecule has 0 aliphatic carbocycles. The zero-order valence-electron chi connectivity index (χ0n) is 13.5. The molecule has 23 heavy (non-hydrogen) atoms. The summed E-state index contributed by atoms with van der Waals surface area (Å²) in [6.07, 6.45) is 4.41. The summed E-state index contributed by atoms with van der Waals surface area (Å²) in [6.45, 7) is 4.79. The number of carbonyl (C=O) groups excluding carboxylic acids is 1. The average Bonchev–Trinajstić information content (AvgIpc) is 3.11. The number of hydrogen-bond acceptors (Lipinski definition) is 4. The van der Waals surface area contributed by atoms with Crippen molar-refractivity contribution in [2.45, 2.75) is 32.2 Å². The van der Waals surface area contributed by atoms with Crippen LogP contribution in [0.4, 0.5) is 0 Å². The molecule has 0 atom stereocenters. The van der Waals surface area contributed by atoms with Crippen LogP contribution in [0, 0.1) is 0 Å². The van der Waals surface area contributed by atoms with E-state index >= 15 is 0 Å². The van der Waals surface area contributed by atoms with Gasteiger partial charge in [0.1, 0.15) is 6.26 Å². The minimum atomic E-state index is -0.0234. The normalized spacial score (nSPS) is 15.5. The van der Waals surface area contributed by atoms with Crippen molar-refractivity contribution < 1.29 is 9.21 Å². The van der Waals surface area contributed by atoms with Crippen LogP contribution in [0.25, 0.3) is 11.5 Å². The molecular formula is C18H23N3O2. The summed E-state index contributed by atoms with van der Waals surface area (Å²) >= 11 is 0. The van der Waals surface area contributed by atoms with Crippen molar-refractivity contribution in [3.63, 3.8) is 0 Å². The standard InChI is InChI=1S/C18H23N3O2/c1-2-12-21(15-8-10-19-11-9-15)18(22)16-13-23-17(20-16)14-6-4-3-5-7-14/h3-7,13,15,19H,2,8-12H2,1H3. The molecule has 5 nitrogen and oxygen atoms in total. The van der Waals surface area contributed by atoms with Crippen LogP contribution in [0.1, 0.15) is 36.7 Å². The van der Waals surface area contributed by atoms with Gasteiger partial charge in [0, 0.05) is 18.2 Å². The number of amides is 1. The lowest BCUT2D eigenvalue weighted by atomic mass is 10.0. The second-order valence-electron chi connectivity index (χ2n) is 5.88. The van der Waals surface area contributed by atoms with E-state index in [1.165, 1.54) is 6.26 Å². The van der Waals surface area contributed by atoms with E-state index in [0.29, 0.717) is 17.6 Å². The highest BCUT2D eigenvalue weighted by Gasteiger charge is 2.27. The Kier molecular flexibility index (Phi) is 5.08. The molecule has 5 heteroatoms. The molecule has 1 aliphatic heterocycles. The molecule has 1 aromatic heterocycles. The van der Waals surface area contributed by atoms with Gasteiger partial charge in [0.15, 0.2) is 5.69 Å². The van der Waals surface area contributed by atoms with E-state index < -0.39 is 0 Å². The lowest BCUT2D eigenvalue weighted by molar-refractivity contribution is 0.0636. The van der Waals surface area contributed by atoms with E-state index in [1.54, 1.807) is 0 Å². The Labute approximate surface area is 136 Å². The van der Waals surface area contributed by atoms with Crippen LogP contribution in [-0.2, 0) is 0 Å². The first kappa shape index (κ1) is 15.7. The lowest BCUT2D eigenvalue weighted by Crippen LogP contribution is -2.46. The number of rotatable bonds is 5. The molecule has 0 spiro atoms. The van der Waals surface area contributed by atoms with Crippen LogP contribution >= 0.6 is 0 Å². The summed E-state index contributed by atoms with van der Waals surface area (Å²) in [4.78, 5) is 19.2. The molecule has 2 heterocycles. The van der Waals surface area contributed by atoms with Crippen LogP contribution in [0.5, 0.6) is 0 Å². The van der Waals surface area contributed by atoms with Gasteiger partial charge < -0.3 is 14.6 Å². The van der Waals surface area contributed by atoms with E-state index in [-0.39, 0.29) is 5.91 Å². The maximum absolute atomic E-state index is 12.9. The van der Waals surface area contributed by atoms with Crippen molar-refractivity contribution in [3.8, 4) is 11.5 Å². The molecule has 1 saturated heterocycles. The molecule has 3 rings (SSSR count). The summed E-state index contributed by atoms with van der Waals surface area (Å²) in [5.41, 5.74) is 1.28. The third kappa shape index (κ3) is 3.62. The van der Waals surface area contributed by atoms with Crippen molar-refractivity contribution in [3.05, 3.63) is 42.3 Å². The van der Waals surface area contributed by atoms with Crippen molar-refractivity contribution in [2.24, 2.45) is 0 Å². The minimum absolute atomic E-state index is 0.0234. The highest BCUT2D eigenvalue weighted by Crippen LogP contribution is 2.21. The third-order valence-corrected chi connectivity index (χ3v) is 4.22. The summed E-state index contributed by atoms with van der Waals surface area (Å²) < 4.78 is 5.52. The van der Waals surface area contributed by atoms with E-state index in [1.807, 2.05) is 35.2 Å². The second-order valence-corrected chi connectivity index (χ2v) is 5.88. The highest BCUT2D eigenvalue weighted by atomic mass is 16.3. The first-order valence-corrected chi connectivity index (χ1v) is 8.32. The topological polar surface area (TPSA) is 58.4 Å². The largest absolute Gasteiger partial charge is 0.444 e. The van der Waals surface area contributed by atoms with Gasteiger partial charge in [0.2, 0.25) is 5.89 Å². The number of oxazole rings is 1. The molecule has 1 fully saturated rings. The predicted octanol–water partition coefficient (Wildman–Crippen LogP) is 2.95. The Bertz CT molecular complexity index is 633. The van der Waals surface area contributed by atoms with Crippen molar-refractivity contribution in [1.29, 1.82) is 0 Å². The zero-order valence-corrected chi connectivity index (χ0v) is 13.5. The minimum Gasteiger partial charge on any atom is -0.444 e.